The highest BCUT2D eigenvalue weighted by atomic mass is 16.1. The Morgan fingerprint density at radius 3 is 2.84 bits per heavy atom. The number of hydrogen-bond donors (Lipinski definition) is 2. The highest BCUT2D eigenvalue weighted by Gasteiger charge is 2.26. The van der Waals surface area contributed by atoms with E-state index in [1.807, 2.05) is 6.07 Å². The molecule has 1 saturated heterocycles. The molecular formula is C16H20N2O. The molecule has 2 heterocycles. The van der Waals surface area contributed by atoms with Crippen LogP contribution < -0.4 is 5.32 Å². The van der Waals surface area contributed by atoms with Crippen LogP contribution in [0.25, 0.3) is 10.9 Å². The second-order valence-corrected chi connectivity index (χ2v) is 5.39. The van der Waals surface area contributed by atoms with Crippen LogP contribution in [0.4, 0.5) is 0 Å². The molecule has 3 rings (SSSR count). The van der Waals surface area contributed by atoms with Crippen molar-refractivity contribution in [2.24, 2.45) is 5.92 Å². The zero-order valence-electron chi connectivity index (χ0n) is 11.1. The molecule has 100 valence electrons. The minimum absolute atomic E-state index is 0.357. The minimum atomic E-state index is 0.357. The highest BCUT2D eigenvalue weighted by molar-refractivity contribution is 5.84. The van der Waals surface area contributed by atoms with Gasteiger partial charge in [-0.3, -0.25) is 0 Å². The molecule has 0 radical (unpaired) electrons. The van der Waals surface area contributed by atoms with Gasteiger partial charge in [-0.1, -0.05) is 18.2 Å². The summed E-state index contributed by atoms with van der Waals surface area (Å²) in [5.74, 6) is 0.974. The second-order valence-electron chi connectivity index (χ2n) is 5.39. The second kappa shape index (κ2) is 5.57. The molecule has 0 saturated carbocycles. The number of para-hydroxylation sites is 1. The van der Waals surface area contributed by atoms with Gasteiger partial charge >= 0.3 is 0 Å². The normalized spacial score (nSPS) is 18.5. The summed E-state index contributed by atoms with van der Waals surface area (Å²) in [5, 5.41) is 4.67. The van der Waals surface area contributed by atoms with Crippen LogP contribution in [0, 0.1) is 5.92 Å². The first-order valence-corrected chi connectivity index (χ1v) is 7.10. The third-order valence-corrected chi connectivity index (χ3v) is 4.32. The van der Waals surface area contributed by atoms with Gasteiger partial charge in [0.15, 0.2) is 0 Å². The van der Waals surface area contributed by atoms with E-state index in [9.17, 15) is 4.79 Å². The van der Waals surface area contributed by atoms with E-state index >= 15 is 0 Å². The van der Waals surface area contributed by atoms with Gasteiger partial charge in [0.1, 0.15) is 6.29 Å². The molecule has 1 aliphatic rings. The average Bonchev–Trinajstić information content (AvgIpc) is 2.89. The van der Waals surface area contributed by atoms with Gasteiger partial charge < -0.3 is 15.1 Å². The number of H-pyrrole nitrogens is 1. The van der Waals surface area contributed by atoms with Gasteiger partial charge in [0.2, 0.25) is 0 Å². The molecule has 0 amide bonds. The first kappa shape index (κ1) is 12.4. The lowest BCUT2D eigenvalue weighted by atomic mass is 9.79. The molecule has 19 heavy (non-hydrogen) atoms. The third kappa shape index (κ3) is 2.43. The maximum absolute atomic E-state index is 11.1. The standard InChI is InChI=1S/C16H20N2O/c19-10-7-13(12-5-8-17-9-6-12)15-11-18-16-4-2-1-3-14(15)16/h1-4,10-13,17-18H,5-9H2. The lowest BCUT2D eigenvalue weighted by molar-refractivity contribution is -0.108. The van der Waals surface area contributed by atoms with Crippen molar-refractivity contribution in [3.8, 4) is 0 Å². The van der Waals surface area contributed by atoms with Gasteiger partial charge in [0.05, 0.1) is 0 Å². The molecule has 1 unspecified atom stereocenters. The number of nitrogens with one attached hydrogen (secondary N) is 2. The van der Waals surface area contributed by atoms with E-state index in [-0.39, 0.29) is 0 Å². The Balaban J connectivity index is 1.96. The topological polar surface area (TPSA) is 44.9 Å². The summed E-state index contributed by atoms with van der Waals surface area (Å²) in [7, 11) is 0. The van der Waals surface area contributed by atoms with Crippen molar-refractivity contribution < 1.29 is 4.79 Å². The summed E-state index contributed by atoms with van der Waals surface area (Å²) >= 11 is 0. The van der Waals surface area contributed by atoms with Crippen molar-refractivity contribution in [1.82, 2.24) is 10.3 Å². The maximum Gasteiger partial charge on any atom is 0.120 e. The molecule has 3 heteroatoms. The number of piperidine rings is 1. The lowest BCUT2D eigenvalue weighted by Crippen LogP contribution is -2.31. The zero-order valence-corrected chi connectivity index (χ0v) is 11.1. The van der Waals surface area contributed by atoms with Crippen LogP contribution in [0.2, 0.25) is 0 Å². The number of carbonyl (C=O) groups is 1. The summed E-state index contributed by atoms with van der Waals surface area (Å²) < 4.78 is 0. The van der Waals surface area contributed by atoms with Gasteiger partial charge in [-0.15, -0.1) is 0 Å². The summed E-state index contributed by atoms with van der Waals surface area (Å²) in [6.45, 7) is 2.14. The highest BCUT2D eigenvalue weighted by Crippen LogP contribution is 2.36. The molecule has 1 aromatic heterocycles. The van der Waals surface area contributed by atoms with Crippen molar-refractivity contribution in [2.75, 3.05) is 13.1 Å². The summed E-state index contributed by atoms with van der Waals surface area (Å²) in [4.78, 5) is 14.4. The molecular weight excluding hydrogens is 236 g/mol. The summed E-state index contributed by atoms with van der Waals surface area (Å²) in [6.07, 6.45) is 6.14. The fourth-order valence-electron chi connectivity index (χ4n) is 3.32. The largest absolute Gasteiger partial charge is 0.361 e. The van der Waals surface area contributed by atoms with Gasteiger partial charge in [-0.25, -0.2) is 0 Å². The Bertz CT molecular complexity index is 555. The quantitative estimate of drug-likeness (QED) is 0.826. The summed E-state index contributed by atoms with van der Waals surface area (Å²) in [5.41, 5.74) is 2.48. The Morgan fingerprint density at radius 2 is 2.05 bits per heavy atom. The molecule has 1 atom stereocenters. The Morgan fingerprint density at radius 1 is 1.26 bits per heavy atom. The van der Waals surface area contributed by atoms with E-state index in [2.05, 4.69) is 34.7 Å². The van der Waals surface area contributed by atoms with E-state index in [1.54, 1.807) is 0 Å². The fourth-order valence-corrected chi connectivity index (χ4v) is 3.32. The van der Waals surface area contributed by atoms with Crippen LogP contribution >= 0.6 is 0 Å². The molecule has 0 spiro atoms. The fraction of sp³-hybridized carbons (Fsp3) is 0.438. The van der Waals surface area contributed by atoms with Crippen molar-refractivity contribution in [3.63, 3.8) is 0 Å². The van der Waals surface area contributed by atoms with Crippen molar-refractivity contribution in [2.45, 2.75) is 25.2 Å². The molecule has 0 bridgehead atoms. The lowest BCUT2D eigenvalue weighted by Gasteiger charge is -2.29. The Hall–Kier alpha value is -1.61. The minimum Gasteiger partial charge on any atom is -0.361 e. The molecule has 1 fully saturated rings. The molecule has 1 aliphatic heterocycles. The smallest absolute Gasteiger partial charge is 0.120 e. The van der Waals surface area contributed by atoms with Crippen molar-refractivity contribution >= 4 is 17.2 Å². The van der Waals surface area contributed by atoms with Crippen molar-refractivity contribution in [1.29, 1.82) is 0 Å². The van der Waals surface area contributed by atoms with Crippen LogP contribution in [0.5, 0.6) is 0 Å². The summed E-state index contributed by atoms with van der Waals surface area (Å²) in [6, 6.07) is 8.36. The average molecular weight is 256 g/mol. The zero-order chi connectivity index (χ0) is 13.1. The van der Waals surface area contributed by atoms with E-state index in [4.69, 9.17) is 0 Å². The first-order chi connectivity index (χ1) is 9.40. The number of rotatable bonds is 4. The van der Waals surface area contributed by atoms with Gasteiger partial charge in [0, 0.05) is 23.5 Å². The van der Waals surface area contributed by atoms with Gasteiger partial charge in [-0.05, 0) is 49.4 Å². The number of fused-ring (bicyclic) bond motifs is 1. The molecule has 3 nitrogen and oxygen atoms in total. The number of aldehydes is 1. The molecule has 2 aromatic rings. The molecule has 2 N–H and O–H groups in total. The predicted molar refractivity (Wildman–Crippen MR) is 77.3 cm³/mol. The first-order valence-electron chi connectivity index (χ1n) is 7.10. The third-order valence-electron chi connectivity index (χ3n) is 4.32. The molecule has 1 aromatic carbocycles. The SMILES string of the molecule is O=CCC(c1c[nH]c2ccccc12)C1CCNCC1. The van der Waals surface area contributed by atoms with E-state index in [0.717, 1.165) is 32.2 Å². The predicted octanol–water partition coefficient (Wildman–Crippen LogP) is 2.84. The Kier molecular flexibility index (Phi) is 3.65. The van der Waals surface area contributed by atoms with Crippen LogP contribution in [-0.2, 0) is 4.79 Å². The van der Waals surface area contributed by atoms with E-state index in [0.29, 0.717) is 18.3 Å². The van der Waals surface area contributed by atoms with Crippen molar-refractivity contribution in [3.05, 3.63) is 36.0 Å². The molecule has 0 aliphatic carbocycles. The van der Waals surface area contributed by atoms with Gasteiger partial charge in [-0.2, -0.15) is 0 Å². The van der Waals surface area contributed by atoms with E-state index in [1.165, 1.54) is 16.5 Å². The number of aromatic nitrogens is 1. The van der Waals surface area contributed by atoms with Crippen LogP contribution in [0.1, 0.15) is 30.7 Å². The number of carbonyl (C=O) groups excluding carboxylic acids is 1. The van der Waals surface area contributed by atoms with E-state index < -0.39 is 0 Å². The monoisotopic (exact) mass is 256 g/mol. The number of benzene rings is 1. The van der Waals surface area contributed by atoms with Crippen LogP contribution in [0.15, 0.2) is 30.5 Å². The Labute approximate surface area is 113 Å². The van der Waals surface area contributed by atoms with Crippen LogP contribution in [-0.4, -0.2) is 24.4 Å². The van der Waals surface area contributed by atoms with Crippen LogP contribution in [0.3, 0.4) is 0 Å². The number of hydrogen-bond acceptors (Lipinski definition) is 2. The maximum atomic E-state index is 11.1. The van der Waals surface area contributed by atoms with Gasteiger partial charge in [0.25, 0.3) is 0 Å². The number of aromatic amines is 1.